The van der Waals surface area contributed by atoms with E-state index in [-0.39, 0.29) is 17.5 Å². The van der Waals surface area contributed by atoms with Gasteiger partial charge in [0.2, 0.25) is 5.91 Å². The molecule has 1 saturated carbocycles. The summed E-state index contributed by atoms with van der Waals surface area (Å²) < 4.78 is 0. The number of hydrogen-bond acceptors (Lipinski definition) is 4. The standard InChI is InChI=1S/C14H19N3O3/c1-8-7-12(17(19)20)9(2)6-11(8)16-13(18)14(3,15)10-4-5-10/h6-7,10H,4-5,15H2,1-3H3,(H,16,18). The van der Waals surface area contributed by atoms with Crippen LogP contribution in [0.3, 0.4) is 0 Å². The van der Waals surface area contributed by atoms with Gasteiger partial charge in [-0.15, -0.1) is 0 Å². The van der Waals surface area contributed by atoms with Gasteiger partial charge in [-0.05, 0) is 51.2 Å². The maximum Gasteiger partial charge on any atom is 0.272 e. The van der Waals surface area contributed by atoms with Gasteiger partial charge in [0.15, 0.2) is 0 Å². The molecule has 6 heteroatoms. The quantitative estimate of drug-likeness (QED) is 0.651. The van der Waals surface area contributed by atoms with Gasteiger partial charge in [-0.25, -0.2) is 0 Å². The van der Waals surface area contributed by atoms with Gasteiger partial charge in [-0.2, -0.15) is 0 Å². The van der Waals surface area contributed by atoms with E-state index in [0.717, 1.165) is 12.8 Å². The lowest BCUT2D eigenvalue weighted by molar-refractivity contribution is -0.385. The predicted molar refractivity (Wildman–Crippen MR) is 76.5 cm³/mol. The fourth-order valence-corrected chi connectivity index (χ4v) is 2.26. The topological polar surface area (TPSA) is 98.3 Å². The number of hydrogen-bond donors (Lipinski definition) is 2. The highest BCUT2D eigenvalue weighted by Gasteiger charge is 2.44. The van der Waals surface area contributed by atoms with Crippen LogP contribution in [-0.4, -0.2) is 16.4 Å². The Bertz CT molecular complexity index is 577. The van der Waals surface area contributed by atoms with Gasteiger partial charge in [0, 0.05) is 17.3 Å². The van der Waals surface area contributed by atoms with Crippen molar-refractivity contribution >= 4 is 17.3 Å². The summed E-state index contributed by atoms with van der Waals surface area (Å²) in [5.74, 6) is -0.0155. The maximum absolute atomic E-state index is 12.2. The van der Waals surface area contributed by atoms with E-state index in [2.05, 4.69) is 5.32 Å². The van der Waals surface area contributed by atoms with Gasteiger partial charge in [-0.1, -0.05) is 0 Å². The van der Waals surface area contributed by atoms with Crippen LogP contribution >= 0.6 is 0 Å². The van der Waals surface area contributed by atoms with Crippen LogP contribution in [0.1, 0.15) is 30.9 Å². The largest absolute Gasteiger partial charge is 0.324 e. The van der Waals surface area contributed by atoms with Crippen molar-refractivity contribution in [1.29, 1.82) is 0 Å². The zero-order chi connectivity index (χ0) is 15.1. The summed E-state index contributed by atoms with van der Waals surface area (Å²) in [5.41, 5.74) is 6.98. The van der Waals surface area contributed by atoms with Crippen molar-refractivity contribution in [3.63, 3.8) is 0 Å². The first-order valence-electron chi connectivity index (χ1n) is 6.59. The molecule has 1 aliphatic rings. The summed E-state index contributed by atoms with van der Waals surface area (Å²) >= 11 is 0. The minimum absolute atomic E-state index is 0.0539. The second-order valence-electron chi connectivity index (χ2n) is 5.72. The number of carbonyl (C=O) groups excluding carboxylic acids is 1. The fraction of sp³-hybridized carbons (Fsp3) is 0.500. The minimum Gasteiger partial charge on any atom is -0.324 e. The number of nitro benzene ring substituents is 1. The van der Waals surface area contributed by atoms with Crippen molar-refractivity contribution in [3.8, 4) is 0 Å². The van der Waals surface area contributed by atoms with E-state index < -0.39 is 10.5 Å². The molecule has 1 aromatic carbocycles. The SMILES string of the molecule is Cc1cc([N+](=O)[O-])c(C)cc1NC(=O)C(C)(N)C1CC1. The summed E-state index contributed by atoms with van der Waals surface area (Å²) in [4.78, 5) is 22.7. The normalized spacial score (nSPS) is 17.4. The van der Waals surface area contributed by atoms with E-state index in [1.165, 1.54) is 6.07 Å². The molecule has 0 saturated heterocycles. The van der Waals surface area contributed by atoms with Crippen LogP contribution < -0.4 is 11.1 Å². The molecule has 1 unspecified atom stereocenters. The minimum atomic E-state index is -0.887. The predicted octanol–water partition coefficient (Wildman–Crippen LogP) is 2.28. The molecule has 0 spiro atoms. The lowest BCUT2D eigenvalue weighted by Crippen LogP contribution is -2.50. The molecule has 6 nitrogen and oxygen atoms in total. The molecule has 1 atom stereocenters. The van der Waals surface area contributed by atoms with Crippen molar-refractivity contribution < 1.29 is 9.72 Å². The first kappa shape index (κ1) is 14.5. The molecule has 0 heterocycles. The van der Waals surface area contributed by atoms with Crippen LogP contribution in [-0.2, 0) is 4.79 Å². The number of aryl methyl sites for hydroxylation is 2. The van der Waals surface area contributed by atoms with E-state index in [1.54, 1.807) is 26.8 Å². The number of benzene rings is 1. The summed E-state index contributed by atoms with van der Waals surface area (Å²) in [7, 11) is 0. The molecule has 0 bridgehead atoms. The summed E-state index contributed by atoms with van der Waals surface area (Å²) in [6.45, 7) is 5.11. The Kier molecular flexibility index (Phi) is 3.52. The van der Waals surface area contributed by atoms with Gasteiger partial charge in [0.05, 0.1) is 10.5 Å². The Morgan fingerprint density at radius 3 is 2.50 bits per heavy atom. The van der Waals surface area contributed by atoms with E-state index in [9.17, 15) is 14.9 Å². The number of carbonyl (C=O) groups is 1. The molecule has 108 valence electrons. The molecular weight excluding hydrogens is 258 g/mol. The zero-order valence-electron chi connectivity index (χ0n) is 11.9. The summed E-state index contributed by atoms with van der Waals surface area (Å²) in [5, 5.41) is 13.7. The molecule has 3 N–H and O–H groups in total. The summed E-state index contributed by atoms with van der Waals surface area (Å²) in [6.07, 6.45) is 1.94. The average Bonchev–Trinajstić information content (AvgIpc) is 3.17. The zero-order valence-corrected chi connectivity index (χ0v) is 11.9. The van der Waals surface area contributed by atoms with Crippen LogP contribution in [0.2, 0.25) is 0 Å². The molecular formula is C14H19N3O3. The molecule has 1 amide bonds. The number of rotatable bonds is 4. The smallest absolute Gasteiger partial charge is 0.272 e. The third kappa shape index (κ3) is 2.65. The first-order chi connectivity index (χ1) is 9.23. The van der Waals surface area contributed by atoms with Crippen LogP contribution in [0, 0.1) is 29.9 Å². The van der Waals surface area contributed by atoms with Gasteiger partial charge < -0.3 is 11.1 Å². The third-order valence-electron chi connectivity index (χ3n) is 3.90. The van der Waals surface area contributed by atoms with Gasteiger partial charge in [0.25, 0.3) is 5.69 Å². The number of nitro groups is 1. The number of anilines is 1. The molecule has 2 rings (SSSR count). The van der Waals surface area contributed by atoms with Crippen molar-refractivity contribution in [2.45, 2.75) is 39.2 Å². The molecule has 1 aliphatic carbocycles. The highest BCUT2D eigenvalue weighted by Crippen LogP contribution is 2.38. The van der Waals surface area contributed by atoms with E-state index in [4.69, 9.17) is 5.73 Å². The van der Waals surface area contributed by atoms with E-state index in [1.807, 2.05) is 0 Å². The van der Waals surface area contributed by atoms with Crippen LogP contribution in [0.15, 0.2) is 12.1 Å². The Hall–Kier alpha value is -1.95. The molecule has 0 radical (unpaired) electrons. The van der Waals surface area contributed by atoms with Crippen LogP contribution in [0.25, 0.3) is 0 Å². The number of nitrogens with zero attached hydrogens (tertiary/aromatic N) is 1. The van der Waals surface area contributed by atoms with Crippen LogP contribution in [0.5, 0.6) is 0 Å². The molecule has 1 fully saturated rings. The summed E-state index contributed by atoms with van der Waals surface area (Å²) in [6, 6.07) is 3.09. The number of amides is 1. The van der Waals surface area contributed by atoms with E-state index >= 15 is 0 Å². The molecule has 0 aromatic heterocycles. The number of nitrogens with one attached hydrogen (secondary N) is 1. The highest BCUT2D eigenvalue weighted by atomic mass is 16.6. The Morgan fingerprint density at radius 2 is 2.00 bits per heavy atom. The van der Waals surface area contributed by atoms with Gasteiger partial charge in [-0.3, -0.25) is 14.9 Å². The number of nitrogens with two attached hydrogens (primary N) is 1. The van der Waals surface area contributed by atoms with Crippen molar-refractivity contribution in [2.24, 2.45) is 11.7 Å². The van der Waals surface area contributed by atoms with Gasteiger partial charge in [0.1, 0.15) is 0 Å². The second-order valence-corrected chi connectivity index (χ2v) is 5.72. The Morgan fingerprint density at radius 1 is 1.40 bits per heavy atom. The van der Waals surface area contributed by atoms with Gasteiger partial charge >= 0.3 is 0 Å². The second kappa shape index (κ2) is 4.86. The third-order valence-corrected chi connectivity index (χ3v) is 3.90. The van der Waals surface area contributed by atoms with E-state index in [0.29, 0.717) is 16.8 Å². The van der Waals surface area contributed by atoms with Crippen molar-refractivity contribution in [2.75, 3.05) is 5.32 Å². The van der Waals surface area contributed by atoms with Crippen molar-refractivity contribution in [3.05, 3.63) is 33.4 Å². The average molecular weight is 277 g/mol. The maximum atomic E-state index is 12.2. The monoisotopic (exact) mass is 277 g/mol. The van der Waals surface area contributed by atoms with Crippen LogP contribution in [0.4, 0.5) is 11.4 Å². The lowest BCUT2D eigenvalue weighted by atomic mass is 9.96. The van der Waals surface area contributed by atoms with Crippen molar-refractivity contribution in [1.82, 2.24) is 0 Å². The lowest BCUT2D eigenvalue weighted by Gasteiger charge is -2.23. The first-order valence-corrected chi connectivity index (χ1v) is 6.59. The Balaban J connectivity index is 2.24. The highest BCUT2D eigenvalue weighted by molar-refractivity contribution is 5.98. The fourth-order valence-electron chi connectivity index (χ4n) is 2.26. The molecule has 20 heavy (non-hydrogen) atoms. The molecule has 1 aromatic rings. The Labute approximate surface area is 117 Å². The molecule has 0 aliphatic heterocycles.